The molecular weight excluding hydrogens is 396 g/mol. The van der Waals surface area contributed by atoms with Crippen molar-refractivity contribution in [2.45, 2.75) is 20.4 Å². The van der Waals surface area contributed by atoms with Crippen LogP contribution < -0.4 is 5.32 Å². The van der Waals surface area contributed by atoms with Crippen molar-refractivity contribution in [3.8, 4) is 0 Å². The monoisotopic (exact) mass is 422 g/mol. The predicted octanol–water partition coefficient (Wildman–Crippen LogP) is 4.49. The molecule has 156 valence electrons. The third-order valence-electron chi connectivity index (χ3n) is 4.43. The maximum absolute atomic E-state index is 13.1. The van der Waals surface area contributed by atoms with Crippen LogP contribution in [0.3, 0.4) is 0 Å². The van der Waals surface area contributed by atoms with Crippen molar-refractivity contribution in [3.05, 3.63) is 70.8 Å². The van der Waals surface area contributed by atoms with Gasteiger partial charge in [0.15, 0.2) is 11.0 Å². The van der Waals surface area contributed by atoms with Crippen LogP contribution in [-0.4, -0.2) is 47.3 Å². The summed E-state index contributed by atoms with van der Waals surface area (Å²) in [4.78, 5) is 33.9. The molecule has 1 aliphatic rings. The molecular formula is C23H26N4O2S. The summed E-state index contributed by atoms with van der Waals surface area (Å²) in [5.74, 6) is -0.104. The fourth-order valence-electron chi connectivity index (χ4n) is 3.01. The summed E-state index contributed by atoms with van der Waals surface area (Å²) >= 11 is 1.34. The molecule has 0 spiro atoms. The van der Waals surface area contributed by atoms with Crippen molar-refractivity contribution in [2.75, 3.05) is 26.0 Å². The first-order chi connectivity index (χ1) is 14.4. The number of carbonyl (C=O) groups is 2. The summed E-state index contributed by atoms with van der Waals surface area (Å²) in [6, 6.07) is 15.3. The predicted molar refractivity (Wildman–Crippen MR) is 124 cm³/mol. The Bertz CT molecular complexity index is 1000. The van der Waals surface area contributed by atoms with E-state index >= 15 is 0 Å². The van der Waals surface area contributed by atoms with Gasteiger partial charge in [-0.15, -0.1) is 0 Å². The molecule has 0 unspecified atom stereocenters. The van der Waals surface area contributed by atoms with Gasteiger partial charge < -0.3 is 10.2 Å². The minimum atomic E-state index is -0.0796. The van der Waals surface area contributed by atoms with Gasteiger partial charge in [0.05, 0.1) is 22.8 Å². The van der Waals surface area contributed by atoms with Gasteiger partial charge in [-0.05, 0) is 49.4 Å². The molecule has 0 bridgehead atoms. The van der Waals surface area contributed by atoms with Crippen LogP contribution in [-0.2, 0) is 11.3 Å². The van der Waals surface area contributed by atoms with Gasteiger partial charge in [0.1, 0.15) is 0 Å². The van der Waals surface area contributed by atoms with Gasteiger partial charge in [-0.1, -0.05) is 30.3 Å². The van der Waals surface area contributed by atoms with Crippen molar-refractivity contribution in [3.63, 3.8) is 0 Å². The third-order valence-corrected chi connectivity index (χ3v) is 5.43. The highest BCUT2D eigenvalue weighted by Gasteiger charge is 2.34. The normalized spacial score (nSPS) is 16.4. The van der Waals surface area contributed by atoms with Crippen molar-refractivity contribution >= 4 is 40.0 Å². The molecule has 30 heavy (non-hydrogen) atoms. The largest absolute Gasteiger partial charge is 0.384 e. The molecule has 0 aromatic heterocycles. The van der Waals surface area contributed by atoms with E-state index in [1.165, 1.54) is 18.7 Å². The number of amidine groups is 1. The molecule has 1 amide bonds. The smallest absolute Gasteiger partial charge is 0.268 e. The molecule has 0 saturated carbocycles. The quantitative estimate of drug-likeness (QED) is 0.526. The number of nitrogens with zero attached hydrogens (tertiary/aromatic N) is 3. The van der Waals surface area contributed by atoms with E-state index in [1.54, 1.807) is 17.0 Å². The number of amides is 1. The zero-order valence-electron chi connectivity index (χ0n) is 17.7. The van der Waals surface area contributed by atoms with Crippen molar-refractivity contribution in [1.29, 1.82) is 0 Å². The van der Waals surface area contributed by atoms with Crippen molar-refractivity contribution in [2.24, 2.45) is 4.99 Å². The standard InChI is InChI=1S/C23H26N4O2S/c1-5-24-19-12-11-18(16(2)28)13-20(19)25-23-27(14-17-9-7-6-8-10-17)22(29)21(30-23)15-26(3)4/h6-13,15,24H,5,14H2,1-4H3/b21-15-,25-23+. The number of Topliss-reactive ketones (excluding diaryl/α,β-unsaturated/α-hetero) is 1. The molecule has 1 saturated heterocycles. The van der Waals surface area contributed by atoms with E-state index in [2.05, 4.69) is 5.32 Å². The lowest BCUT2D eigenvalue weighted by atomic mass is 10.1. The average Bonchev–Trinajstić information content (AvgIpc) is 2.98. The van der Waals surface area contributed by atoms with Crippen LogP contribution >= 0.6 is 11.8 Å². The van der Waals surface area contributed by atoms with Gasteiger partial charge in [-0.2, -0.15) is 0 Å². The summed E-state index contributed by atoms with van der Waals surface area (Å²) in [7, 11) is 3.77. The SMILES string of the molecule is CCNc1ccc(C(C)=O)cc1/N=C1/S/C(=C\N(C)C)C(=O)N1Cc1ccccc1. The fourth-order valence-corrected chi connectivity index (χ4v) is 4.07. The van der Waals surface area contributed by atoms with Crippen molar-refractivity contribution < 1.29 is 9.59 Å². The minimum Gasteiger partial charge on any atom is -0.384 e. The van der Waals surface area contributed by atoms with Crippen LogP contribution in [0.25, 0.3) is 0 Å². The van der Waals surface area contributed by atoms with Crippen LogP contribution in [0.5, 0.6) is 0 Å². The second kappa shape index (κ2) is 9.63. The summed E-state index contributed by atoms with van der Waals surface area (Å²) in [5, 5.41) is 3.88. The Morgan fingerprint density at radius 1 is 1.20 bits per heavy atom. The van der Waals surface area contributed by atoms with Gasteiger partial charge in [0, 0.05) is 32.4 Å². The number of hydrogen-bond donors (Lipinski definition) is 1. The number of aliphatic imine (C=N–C) groups is 1. The molecule has 1 heterocycles. The van der Waals surface area contributed by atoms with Gasteiger partial charge in [0.2, 0.25) is 0 Å². The summed E-state index contributed by atoms with van der Waals surface area (Å²) in [5.41, 5.74) is 3.08. The Balaban J connectivity index is 2.05. The molecule has 1 aliphatic heterocycles. The summed E-state index contributed by atoms with van der Waals surface area (Å²) in [6.45, 7) is 4.69. The number of ketones is 1. The maximum atomic E-state index is 13.1. The van der Waals surface area contributed by atoms with Crippen LogP contribution in [0.2, 0.25) is 0 Å². The zero-order valence-corrected chi connectivity index (χ0v) is 18.5. The summed E-state index contributed by atoms with van der Waals surface area (Å²) in [6.07, 6.45) is 1.81. The van der Waals surface area contributed by atoms with Crippen LogP contribution in [0.1, 0.15) is 29.8 Å². The molecule has 2 aromatic rings. The van der Waals surface area contributed by atoms with E-state index in [0.717, 1.165) is 17.8 Å². The molecule has 1 N–H and O–H groups in total. The Kier molecular flexibility index (Phi) is 6.95. The molecule has 0 aliphatic carbocycles. The van der Waals surface area contributed by atoms with E-state index in [9.17, 15) is 9.59 Å². The molecule has 0 atom stereocenters. The van der Waals surface area contributed by atoms with E-state index in [1.807, 2.05) is 68.5 Å². The average molecular weight is 423 g/mol. The van der Waals surface area contributed by atoms with Crippen LogP contribution in [0.4, 0.5) is 11.4 Å². The first-order valence-electron chi connectivity index (χ1n) is 9.78. The number of rotatable bonds is 7. The van der Waals surface area contributed by atoms with Gasteiger partial charge in [0.25, 0.3) is 5.91 Å². The van der Waals surface area contributed by atoms with E-state index < -0.39 is 0 Å². The lowest BCUT2D eigenvalue weighted by molar-refractivity contribution is -0.122. The Hall–Kier alpha value is -3.06. The highest BCUT2D eigenvalue weighted by atomic mass is 32.2. The molecule has 0 radical (unpaired) electrons. The van der Waals surface area contributed by atoms with Gasteiger partial charge in [-0.25, -0.2) is 4.99 Å². The Morgan fingerprint density at radius 3 is 2.57 bits per heavy atom. The first-order valence-corrected chi connectivity index (χ1v) is 10.6. The number of thioether (sulfide) groups is 1. The lowest BCUT2D eigenvalue weighted by Crippen LogP contribution is -2.28. The number of nitrogens with one attached hydrogen (secondary N) is 1. The number of carbonyl (C=O) groups excluding carboxylic acids is 2. The zero-order chi connectivity index (χ0) is 21.7. The van der Waals surface area contributed by atoms with E-state index in [-0.39, 0.29) is 11.7 Å². The van der Waals surface area contributed by atoms with E-state index in [4.69, 9.17) is 4.99 Å². The Labute approximate surface area is 181 Å². The molecule has 6 nitrogen and oxygen atoms in total. The lowest BCUT2D eigenvalue weighted by Gasteiger charge is -2.17. The van der Waals surface area contributed by atoms with E-state index in [0.29, 0.717) is 27.9 Å². The second-order valence-corrected chi connectivity index (χ2v) is 8.16. The fraction of sp³-hybridized carbons (Fsp3) is 0.261. The highest BCUT2D eigenvalue weighted by molar-refractivity contribution is 8.18. The van der Waals surface area contributed by atoms with Crippen LogP contribution in [0.15, 0.2) is 64.6 Å². The number of benzene rings is 2. The van der Waals surface area contributed by atoms with Crippen molar-refractivity contribution in [1.82, 2.24) is 9.80 Å². The Morgan fingerprint density at radius 2 is 1.93 bits per heavy atom. The second-order valence-electron chi connectivity index (χ2n) is 7.15. The molecule has 3 rings (SSSR count). The third kappa shape index (κ3) is 5.10. The van der Waals surface area contributed by atoms with Crippen LogP contribution in [0, 0.1) is 0 Å². The minimum absolute atomic E-state index is 0.0241. The van der Waals surface area contributed by atoms with Gasteiger partial charge in [-0.3, -0.25) is 14.5 Å². The maximum Gasteiger partial charge on any atom is 0.268 e. The number of hydrogen-bond acceptors (Lipinski definition) is 6. The summed E-state index contributed by atoms with van der Waals surface area (Å²) < 4.78 is 0. The topological polar surface area (TPSA) is 65.0 Å². The molecule has 1 fully saturated rings. The highest BCUT2D eigenvalue weighted by Crippen LogP contribution is 2.36. The molecule has 7 heteroatoms. The van der Waals surface area contributed by atoms with Gasteiger partial charge >= 0.3 is 0 Å². The first kappa shape index (κ1) is 21.6. The molecule has 2 aromatic carbocycles. The number of anilines is 1.